The quantitative estimate of drug-likeness (QED) is 0.580. The van der Waals surface area contributed by atoms with Gasteiger partial charge in [-0.1, -0.05) is 13.3 Å². The number of hydrogen-bond donors (Lipinski definition) is 0. The van der Waals surface area contributed by atoms with Gasteiger partial charge in [0.2, 0.25) is 0 Å². The number of nitrogens with zero attached hydrogens (tertiary/aromatic N) is 2. The Kier molecular flexibility index (Phi) is 5.33. The molecule has 0 bridgehead atoms. The fourth-order valence-electron chi connectivity index (χ4n) is 2.90. The molecule has 0 amide bonds. The second kappa shape index (κ2) is 7.83. The summed E-state index contributed by atoms with van der Waals surface area (Å²) in [6, 6.07) is 13.6. The lowest BCUT2D eigenvalue weighted by atomic mass is 10.2. The van der Waals surface area contributed by atoms with Crippen LogP contribution in [0.25, 0.3) is 16.6 Å². The molecule has 0 saturated carbocycles. The number of fused-ring (bicyclic) bond motifs is 1. The van der Waals surface area contributed by atoms with Gasteiger partial charge >= 0.3 is 0 Å². The van der Waals surface area contributed by atoms with Crippen molar-refractivity contribution in [3.63, 3.8) is 0 Å². The average molecular weight is 350 g/mol. The number of unbranched alkanes of at least 4 members (excludes halogenated alkanes) is 1. The summed E-state index contributed by atoms with van der Waals surface area (Å²) < 4.78 is 18.8. The van der Waals surface area contributed by atoms with E-state index in [1.807, 2.05) is 35.0 Å². The first-order valence-corrected chi connectivity index (χ1v) is 8.62. The van der Waals surface area contributed by atoms with Crippen LogP contribution in [0.4, 0.5) is 0 Å². The van der Waals surface area contributed by atoms with Crippen molar-refractivity contribution in [1.29, 1.82) is 5.26 Å². The van der Waals surface area contributed by atoms with Crippen molar-refractivity contribution in [2.45, 2.75) is 19.8 Å². The molecule has 0 N–H and O–H groups in total. The SMILES string of the molecule is CCCCOc1cc(C#N)ccc1-n1ccc2cc(OC)c(OC)cc21. The van der Waals surface area contributed by atoms with E-state index >= 15 is 0 Å². The maximum atomic E-state index is 9.21. The zero-order chi connectivity index (χ0) is 18.5. The zero-order valence-electron chi connectivity index (χ0n) is 15.3. The highest BCUT2D eigenvalue weighted by atomic mass is 16.5. The molecule has 0 spiro atoms. The van der Waals surface area contributed by atoms with Crippen molar-refractivity contribution in [2.24, 2.45) is 0 Å². The number of hydrogen-bond acceptors (Lipinski definition) is 4. The topological polar surface area (TPSA) is 56.4 Å². The van der Waals surface area contributed by atoms with Gasteiger partial charge in [0.25, 0.3) is 0 Å². The summed E-state index contributed by atoms with van der Waals surface area (Å²) in [7, 11) is 3.25. The summed E-state index contributed by atoms with van der Waals surface area (Å²) in [6.45, 7) is 2.74. The number of methoxy groups -OCH3 is 2. The van der Waals surface area contributed by atoms with E-state index in [0.717, 1.165) is 29.4 Å². The Labute approximate surface area is 153 Å². The minimum atomic E-state index is 0.580. The Balaban J connectivity index is 2.12. The summed E-state index contributed by atoms with van der Waals surface area (Å²) in [5, 5.41) is 10.2. The van der Waals surface area contributed by atoms with Crippen molar-refractivity contribution in [2.75, 3.05) is 20.8 Å². The van der Waals surface area contributed by atoms with Gasteiger partial charge in [-0.15, -0.1) is 0 Å². The summed E-state index contributed by atoms with van der Waals surface area (Å²) in [5.41, 5.74) is 2.45. The number of nitriles is 1. The molecular weight excluding hydrogens is 328 g/mol. The molecule has 1 aromatic heterocycles. The molecule has 3 rings (SSSR count). The van der Waals surface area contributed by atoms with E-state index in [1.165, 1.54) is 0 Å². The molecule has 134 valence electrons. The molecule has 0 aliphatic heterocycles. The Morgan fingerprint density at radius 3 is 2.46 bits per heavy atom. The molecule has 3 aromatic rings. The first-order valence-electron chi connectivity index (χ1n) is 8.62. The minimum absolute atomic E-state index is 0.580. The van der Waals surface area contributed by atoms with Crippen LogP contribution in [0.2, 0.25) is 0 Å². The van der Waals surface area contributed by atoms with Crippen LogP contribution in [-0.4, -0.2) is 25.4 Å². The van der Waals surface area contributed by atoms with Crippen LogP contribution in [0.3, 0.4) is 0 Å². The van der Waals surface area contributed by atoms with E-state index in [-0.39, 0.29) is 0 Å². The highest BCUT2D eigenvalue weighted by Gasteiger charge is 2.13. The molecule has 26 heavy (non-hydrogen) atoms. The van der Waals surface area contributed by atoms with Crippen LogP contribution in [0, 0.1) is 11.3 Å². The smallest absolute Gasteiger partial charge is 0.162 e. The fraction of sp³-hybridized carbons (Fsp3) is 0.286. The number of aromatic nitrogens is 1. The van der Waals surface area contributed by atoms with Crippen LogP contribution in [0.1, 0.15) is 25.3 Å². The van der Waals surface area contributed by atoms with Gasteiger partial charge < -0.3 is 18.8 Å². The van der Waals surface area contributed by atoms with Crippen LogP contribution in [0.5, 0.6) is 17.2 Å². The fourth-order valence-corrected chi connectivity index (χ4v) is 2.90. The molecule has 0 radical (unpaired) electrons. The van der Waals surface area contributed by atoms with Gasteiger partial charge in [0.1, 0.15) is 5.75 Å². The van der Waals surface area contributed by atoms with Gasteiger partial charge in [-0.05, 0) is 30.7 Å². The summed E-state index contributed by atoms with van der Waals surface area (Å²) >= 11 is 0. The van der Waals surface area contributed by atoms with Gasteiger partial charge in [0.05, 0.1) is 43.7 Å². The molecule has 1 heterocycles. The average Bonchev–Trinajstić information content (AvgIpc) is 3.09. The van der Waals surface area contributed by atoms with Gasteiger partial charge in [-0.25, -0.2) is 0 Å². The summed E-state index contributed by atoms with van der Waals surface area (Å²) in [4.78, 5) is 0. The molecule has 2 aromatic carbocycles. The van der Waals surface area contributed by atoms with E-state index in [2.05, 4.69) is 13.0 Å². The third-order valence-corrected chi connectivity index (χ3v) is 4.30. The lowest BCUT2D eigenvalue weighted by molar-refractivity contribution is 0.308. The summed E-state index contributed by atoms with van der Waals surface area (Å²) in [6.07, 6.45) is 4.00. The molecular formula is C21H22N2O3. The first-order chi connectivity index (χ1) is 12.7. The normalized spacial score (nSPS) is 10.5. The Hall–Kier alpha value is -3.13. The highest BCUT2D eigenvalue weighted by molar-refractivity contribution is 5.86. The molecule has 0 fully saturated rings. The number of benzene rings is 2. The van der Waals surface area contributed by atoms with E-state index in [4.69, 9.17) is 14.2 Å². The van der Waals surface area contributed by atoms with E-state index < -0.39 is 0 Å². The van der Waals surface area contributed by atoms with Crippen molar-refractivity contribution < 1.29 is 14.2 Å². The second-order valence-corrected chi connectivity index (χ2v) is 5.95. The first kappa shape index (κ1) is 17.7. The Morgan fingerprint density at radius 1 is 1.00 bits per heavy atom. The van der Waals surface area contributed by atoms with Crippen molar-refractivity contribution in [1.82, 2.24) is 4.57 Å². The Bertz CT molecular complexity index is 954. The molecule has 5 nitrogen and oxygen atoms in total. The number of rotatable bonds is 7. The molecule has 0 atom stereocenters. The van der Waals surface area contributed by atoms with E-state index in [0.29, 0.717) is 29.4 Å². The van der Waals surface area contributed by atoms with Crippen LogP contribution < -0.4 is 14.2 Å². The molecule has 5 heteroatoms. The highest BCUT2D eigenvalue weighted by Crippen LogP contribution is 2.35. The van der Waals surface area contributed by atoms with Crippen molar-refractivity contribution in [3.05, 3.63) is 48.2 Å². The predicted molar refractivity (Wildman–Crippen MR) is 101 cm³/mol. The monoisotopic (exact) mass is 350 g/mol. The predicted octanol–water partition coefficient (Wildman–Crippen LogP) is 4.70. The van der Waals surface area contributed by atoms with E-state index in [1.54, 1.807) is 26.4 Å². The third kappa shape index (κ3) is 3.31. The molecule has 0 unspecified atom stereocenters. The standard InChI is InChI=1S/C21H22N2O3/c1-4-5-10-26-19-11-15(14-22)6-7-17(19)23-9-8-16-12-20(24-2)21(25-3)13-18(16)23/h6-9,11-13H,4-5,10H2,1-3H3. The van der Waals surface area contributed by atoms with Crippen molar-refractivity contribution >= 4 is 10.9 Å². The van der Waals surface area contributed by atoms with Gasteiger partial charge in [-0.2, -0.15) is 5.26 Å². The van der Waals surface area contributed by atoms with Gasteiger partial charge in [0, 0.05) is 23.7 Å². The second-order valence-electron chi connectivity index (χ2n) is 5.95. The minimum Gasteiger partial charge on any atom is -0.493 e. The van der Waals surface area contributed by atoms with Crippen LogP contribution >= 0.6 is 0 Å². The maximum absolute atomic E-state index is 9.21. The largest absolute Gasteiger partial charge is 0.493 e. The van der Waals surface area contributed by atoms with Gasteiger partial charge in [0.15, 0.2) is 11.5 Å². The number of ether oxygens (including phenoxy) is 3. The lowest BCUT2D eigenvalue weighted by Gasteiger charge is -2.14. The maximum Gasteiger partial charge on any atom is 0.162 e. The van der Waals surface area contributed by atoms with Gasteiger partial charge in [-0.3, -0.25) is 0 Å². The third-order valence-electron chi connectivity index (χ3n) is 4.30. The zero-order valence-corrected chi connectivity index (χ0v) is 15.3. The molecule has 0 aliphatic carbocycles. The van der Waals surface area contributed by atoms with Crippen LogP contribution in [0.15, 0.2) is 42.6 Å². The Morgan fingerprint density at radius 2 is 1.77 bits per heavy atom. The summed E-state index contributed by atoms with van der Waals surface area (Å²) in [5.74, 6) is 2.06. The van der Waals surface area contributed by atoms with Crippen LogP contribution in [-0.2, 0) is 0 Å². The lowest BCUT2D eigenvalue weighted by Crippen LogP contribution is -2.02. The van der Waals surface area contributed by atoms with Crippen molar-refractivity contribution in [3.8, 4) is 29.0 Å². The van der Waals surface area contributed by atoms with E-state index in [9.17, 15) is 5.26 Å². The molecule has 0 saturated heterocycles. The molecule has 0 aliphatic rings.